The van der Waals surface area contributed by atoms with Gasteiger partial charge in [-0.1, -0.05) is 62.7 Å². The summed E-state index contributed by atoms with van der Waals surface area (Å²) >= 11 is 0. The predicted molar refractivity (Wildman–Crippen MR) is 116 cm³/mol. The summed E-state index contributed by atoms with van der Waals surface area (Å²) in [5, 5.41) is 6.19. The first-order valence-corrected chi connectivity index (χ1v) is 9.49. The van der Waals surface area contributed by atoms with Gasteiger partial charge in [-0.25, -0.2) is 4.98 Å². The standard InChI is InChI=1S/C24H27N3O/c1-17-6-5-7-18(14-17)15-25-22-13-12-21(16-26-22)27-23(28)19-8-10-20(11-9-19)24(2,3)4/h5-14,16H,15H2,1-4H3,(H,25,26)(H,27,28). The molecule has 0 radical (unpaired) electrons. The van der Waals surface area contributed by atoms with Gasteiger partial charge >= 0.3 is 0 Å². The molecule has 1 amide bonds. The number of carbonyl (C=O) groups is 1. The number of hydrogen-bond donors (Lipinski definition) is 2. The largest absolute Gasteiger partial charge is 0.366 e. The Labute approximate surface area is 167 Å². The monoisotopic (exact) mass is 373 g/mol. The average molecular weight is 374 g/mol. The van der Waals surface area contributed by atoms with Crippen LogP contribution in [0.15, 0.2) is 66.9 Å². The first-order chi connectivity index (χ1) is 13.3. The lowest BCUT2D eigenvalue weighted by Crippen LogP contribution is -2.14. The molecule has 1 heterocycles. The number of benzene rings is 2. The zero-order chi connectivity index (χ0) is 20.1. The number of pyridine rings is 1. The Morgan fingerprint density at radius 1 is 1.00 bits per heavy atom. The summed E-state index contributed by atoms with van der Waals surface area (Å²) in [6.07, 6.45) is 1.67. The number of amides is 1. The van der Waals surface area contributed by atoms with Crippen molar-refractivity contribution in [3.05, 3.63) is 89.1 Å². The average Bonchev–Trinajstić information content (AvgIpc) is 2.67. The molecular weight excluding hydrogens is 346 g/mol. The first kappa shape index (κ1) is 19.6. The molecule has 0 spiro atoms. The number of aromatic nitrogens is 1. The van der Waals surface area contributed by atoms with Gasteiger partial charge in [-0.15, -0.1) is 0 Å². The van der Waals surface area contributed by atoms with E-state index in [4.69, 9.17) is 0 Å². The lowest BCUT2D eigenvalue weighted by atomic mass is 9.87. The number of anilines is 2. The van der Waals surface area contributed by atoms with Crippen LogP contribution < -0.4 is 10.6 Å². The molecule has 1 aromatic heterocycles. The molecule has 0 bridgehead atoms. The normalized spacial score (nSPS) is 11.1. The van der Waals surface area contributed by atoms with E-state index in [1.54, 1.807) is 6.20 Å². The van der Waals surface area contributed by atoms with E-state index >= 15 is 0 Å². The van der Waals surface area contributed by atoms with E-state index in [1.807, 2.05) is 42.5 Å². The van der Waals surface area contributed by atoms with Crippen molar-refractivity contribution in [2.75, 3.05) is 10.6 Å². The number of aryl methyl sites for hydroxylation is 1. The van der Waals surface area contributed by atoms with E-state index in [0.717, 1.165) is 5.82 Å². The fraction of sp³-hybridized carbons (Fsp3) is 0.250. The van der Waals surface area contributed by atoms with Crippen LogP contribution >= 0.6 is 0 Å². The van der Waals surface area contributed by atoms with Gasteiger partial charge in [0.05, 0.1) is 11.9 Å². The summed E-state index contributed by atoms with van der Waals surface area (Å²) in [5.74, 6) is 0.636. The Balaban J connectivity index is 1.58. The molecule has 0 aliphatic carbocycles. The van der Waals surface area contributed by atoms with Crippen LogP contribution in [0.5, 0.6) is 0 Å². The lowest BCUT2D eigenvalue weighted by molar-refractivity contribution is 0.102. The minimum absolute atomic E-state index is 0.0696. The number of rotatable bonds is 5. The van der Waals surface area contributed by atoms with Crippen LogP contribution in [0, 0.1) is 6.92 Å². The van der Waals surface area contributed by atoms with Crippen molar-refractivity contribution in [2.24, 2.45) is 0 Å². The van der Waals surface area contributed by atoms with Crippen molar-refractivity contribution in [3.8, 4) is 0 Å². The highest BCUT2D eigenvalue weighted by Crippen LogP contribution is 2.22. The smallest absolute Gasteiger partial charge is 0.255 e. The van der Waals surface area contributed by atoms with Crippen molar-refractivity contribution < 1.29 is 4.79 Å². The molecule has 0 aliphatic heterocycles. The molecule has 144 valence electrons. The Morgan fingerprint density at radius 3 is 2.36 bits per heavy atom. The van der Waals surface area contributed by atoms with Gasteiger partial charge in [0.2, 0.25) is 0 Å². The molecule has 0 aliphatic rings. The van der Waals surface area contributed by atoms with E-state index in [-0.39, 0.29) is 11.3 Å². The van der Waals surface area contributed by atoms with Crippen LogP contribution in [0.3, 0.4) is 0 Å². The van der Waals surface area contributed by atoms with Crippen LogP contribution in [0.4, 0.5) is 11.5 Å². The van der Waals surface area contributed by atoms with Crippen molar-refractivity contribution in [3.63, 3.8) is 0 Å². The Hall–Kier alpha value is -3.14. The van der Waals surface area contributed by atoms with Crippen molar-refractivity contribution in [2.45, 2.75) is 39.7 Å². The molecule has 0 unspecified atom stereocenters. The number of nitrogens with one attached hydrogen (secondary N) is 2. The third kappa shape index (κ3) is 5.19. The van der Waals surface area contributed by atoms with Crippen molar-refractivity contribution in [1.29, 1.82) is 0 Å². The molecule has 28 heavy (non-hydrogen) atoms. The molecular formula is C24H27N3O. The maximum atomic E-state index is 12.4. The Bertz CT molecular complexity index is 939. The van der Waals surface area contributed by atoms with E-state index in [1.165, 1.54) is 16.7 Å². The van der Waals surface area contributed by atoms with E-state index in [9.17, 15) is 4.79 Å². The van der Waals surface area contributed by atoms with Crippen molar-refractivity contribution in [1.82, 2.24) is 4.98 Å². The van der Waals surface area contributed by atoms with Gasteiger partial charge in [0.25, 0.3) is 5.91 Å². The second-order valence-electron chi connectivity index (χ2n) is 8.06. The Morgan fingerprint density at radius 2 is 1.75 bits per heavy atom. The first-order valence-electron chi connectivity index (χ1n) is 9.49. The van der Waals surface area contributed by atoms with Crippen LogP contribution in [0.25, 0.3) is 0 Å². The number of nitrogens with zero attached hydrogens (tertiary/aromatic N) is 1. The minimum atomic E-state index is -0.136. The van der Waals surface area contributed by atoms with Crippen LogP contribution in [-0.2, 0) is 12.0 Å². The molecule has 4 nitrogen and oxygen atoms in total. The topological polar surface area (TPSA) is 54.0 Å². The van der Waals surface area contributed by atoms with Gasteiger partial charge < -0.3 is 10.6 Å². The molecule has 2 aromatic carbocycles. The molecule has 0 saturated heterocycles. The van der Waals surface area contributed by atoms with E-state index in [0.29, 0.717) is 17.8 Å². The summed E-state index contributed by atoms with van der Waals surface area (Å²) in [6, 6.07) is 19.8. The zero-order valence-corrected chi connectivity index (χ0v) is 16.9. The summed E-state index contributed by atoms with van der Waals surface area (Å²) in [7, 11) is 0. The maximum absolute atomic E-state index is 12.4. The zero-order valence-electron chi connectivity index (χ0n) is 16.9. The second kappa shape index (κ2) is 8.26. The lowest BCUT2D eigenvalue weighted by Gasteiger charge is -2.19. The molecule has 3 aromatic rings. The SMILES string of the molecule is Cc1cccc(CNc2ccc(NC(=O)c3ccc(C(C)(C)C)cc3)cn2)c1. The fourth-order valence-electron chi connectivity index (χ4n) is 2.91. The van der Waals surface area contributed by atoms with Gasteiger partial charge in [0.15, 0.2) is 0 Å². The summed E-state index contributed by atoms with van der Waals surface area (Å²) < 4.78 is 0. The highest BCUT2D eigenvalue weighted by Gasteiger charge is 2.14. The fourth-order valence-corrected chi connectivity index (χ4v) is 2.91. The molecule has 4 heteroatoms. The number of carbonyl (C=O) groups excluding carboxylic acids is 1. The third-order valence-electron chi connectivity index (χ3n) is 4.59. The highest BCUT2D eigenvalue weighted by atomic mass is 16.1. The van der Waals surface area contributed by atoms with Gasteiger partial charge in [-0.05, 0) is 47.7 Å². The van der Waals surface area contributed by atoms with E-state index in [2.05, 4.69) is 61.5 Å². The highest BCUT2D eigenvalue weighted by molar-refractivity contribution is 6.04. The van der Waals surface area contributed by atoms with Crippen molar-refractivity contribution >= 4 is 17.4 Å². The summed E-state index contributed by atoms with van der Waals surface area (Å²) in [6.45, 7) is 9.25. The predicted octanol–water partition coefficient (Wildman–Crippen LogP) is 5.55. The van der Waals surface area contributed by atoms with Gasteiger partial charge in [0.1, 0.15) is 5.82 Å². The molecule has 0 saturated carbocycles. The number of hydrogen-bond acceptors (Lipinski definition) is 3. The third-order valence-corrected chi connectivity index (χ3v) is 4.59. The molecule has 0 atom stereocenters. The molecule has 2 N–H and O–H groups in total. The molecule has 0 fully saturated rings. The second-order valence-corrected chi connectivity index (χ2v) is 8.06. The van der Waals surface area contributed by atoms with Gasteiger partial charge in [-0.2, -0.15) is 0 Å². The van der Waals surface area contributed by atoms with E-state index < -0.39 is 0 Å². The van der Waals surface area contributed by atoms with Crippen LogP contribution in [0.1, 0.15) is 47.8 Å². The van der Waals surface area contributed by atoms with Gasteiger partial charge in [0, 0.05) is 12.1 Å². The van der Waals surface area contributed by atoms with Gasteiger partial charge in [-0.3, -0.25) is 4.79 Å². The summed E-state index contributed by atoms with van der Waals surface area (Å²) in [4.78, 5) is 16.8. The minimum Gasteiger partial charge on any atom is -0.366 e. The maximum Gasteiger partial charge on any atom is 0.255 e. The Kier molecular flexibility index (Phi) is 5.78. The summed E-state index contributed by atoms with van der Waals surface area (Å²) in [5.41, 5.74) is 5.02. The molecule has 3 rings (SSSR count). The van der Waals surface area contributed by atoms with Crippen LogP contribution in [0.2, 0.25) is 0 Å². The quantitative estimate of drug-likeness (QED) is 0.616. The van der Waals surface area contributed by atoms with Crippen LogP contribution in [-0.4, -0.2) is 10.9 Å².